The van der Waals surface area contributed by atoms with Crippen molar-refractivity contribution in [1.82, 2.24) is 9.97 Å². The summed E-state index contributed by atoms with van der Waals surface area (Å²) in [5.41, 5.74) is 4.89. The summed E-state index contributed by atoms with van der Waals surface area (Å²) in [5, 5.41) is 3.12. The lowest BCUT2D eigenvalue weighted by Crippen LogP contribution is -2.41. The van der Waals surface area contributed by atoms with E-state index in [1.165, 1.54) is 6.20 Å². The monoisotopic (exact) mass is 518 g/mol. The first-order valence-electron chi connectivity index (χ1n) is 12.1. The van der Waals surface area contributed by atoms with Gasteiger partial charge in [-0.25, -0.2) is 9.37 Å². The van der Waals surface area contributed by atoms with Crippen molar-refractivity contribution in [3.8, 4) is 11.5 Å². The maximum atomic E-state index is 14.2. The number of benzene rings is 2. The number of anilines is 2. The first-order valence-corrected chi connectivity index (χ1v) is 12.4. The third-order valence-electron chi connectivity index (χ3n) is 6.74. The second-order valence-electron chi connectivity index (χ2n) is 9.06. The maximum absolute atomic E-state index is 14.2. The van der Waals surface area contributed by atoms with Gasteiger partial charge in [-0.2, -0.15) is 0 Å². The van der Waals surface area contributed by atoms with E-state index in [2.05, 4.69) is 26.3 Å². The molecule has 2 aromatic carbocycles. The third kappa shape index (κ3) is 4.65. The second-order valence-corrected chi connectivity index (χ2v) is 9.41. The predicted octanol–water partition coefficient (Wildman–Crippen LogP) is 5.45. The van der Waals surface area contributed by atoms with Gasteiger partial charge in [-0.3, -0.25) is 4.79 Å². The number of rotatable bonds is 5. The molecule has 0 saturated carbocycles. The molecule has 1 fully saturated rings. The van der Waals surface area contributed by atoms with Crippen LogP contribution < -0.4 is 20.5 Å². The zero-order valence-electron chi connectivity index (χ0n) is 19.8. The molecule has 1 unspecified atom stereocenters. The molecule has 2 N–H and O–H groups in total. The van der Waals surface area contributed by atoms with Gasteiger partial charge in [0.15, 0.2) is 11.0 Å². The Morgan fingerprint density at radius 2 is 2.08 bits per heavy atom. The Balaban J connectivity index is 1.21. The van der Waals surface area contributed by atoms with Gasteiger partial charge in [-0.15, -0.1) is 0 Å². The first-order chi connectivity index (χ1) is 18.1. The van der Waals surface area contributed by atoms with Gasteiger partial charge in [0.2, 0.25) is 0 Å². The van der Waals surface area contributed by atoms with Crippen molar-refractivity contribution < 1.29 is 13.9 Å². The Hall–Kier alpha value is -3.88. The van der Waals surface area contributed by atoms with E-state index >= 15 is 0 Å². The van der Waals surface area contributed by atoms with Crippen molar-refractivity contribution in [1.29, 1.82) is 0 Å². The van der Waals surface area contributed by atoms with Crippen LogP contribution in [0, 0.1) is 5.82 Å². The van der Waals surface area contributed by atoms with Crippen LogP contribution in [-0.4, -0.2) is 29.7 Å². The first kappa shape index (κ1) is 23.5. The van der Waals surface area contributed by atoms with Gasteiger partial charge in [0.25, 0.3) is 5.56 Å². The Bertz CT molecular complexity index is 1530. The molecule has 2 aliphatic heterocycles. The van der Waals surface area contributed by atoms with Gasteiger partial charge >= 0.3 is 0 Å². The molecule has 0 aliphatic carbocycles. The van der Waals surface area contributed by atoms with Gasteiger partial charge in [0, 0.05) is 60.8 Å². The molecule has 4 heterocycles. The molecule has 2 aliphatic rings. The smallest absolute Gasteiger partial charge is 0.271 e. The van der Waals surface area contributed by atoms with Gasteiger partial charge in [-0.1, -0.05) is 29.8 Å². The number of ether oxygens (including phenoxy) is 2. The highest BCUT2D eigenvalue weighted by atomic mass is 35.5. The molecule has 0 amide bonds. The number of hydrogen-bond acceptors (Lipinski definition) is 6. The van der Waals surface area contributed by atoms with Gasteiger partial charge in [-0.05, 0) is 42.0 Å². The molecule has 6 rings (SSSR count). The Kier molecular flexibility index (Phi) is 6.28. The van der Waals surface area contributed by atoms with Crippen molar-refractivity contribution in [2.24, 2.45) is 0 Å². The lowest BCUT2D eigenvalue weighted by molar-refractivity contribution is 0.0383. The van der Waals surface area contributed by atoms with E-state index in [-0.39, 0.29) is 23.4 Å². The Labute approximate surface area is 217 Å². The zero-order valence-corrected chi connectivity index (χ0v) is 20.6. The fourth-order valence-corrected chi connectivity index (χ4v) is 5.05. The van der Waals surface area contributed by atoms with Crippen LogP contribution in [0.25, 0.3) is 0 Å². The lowest BCUT2D eigenvalue weighted by atomic mass is 9.95. The van der Waals surface area contributed by atoms with Crippen LogP contribution in [0.3, 0.4) is 0 Å². The number of nitrogens with zero attached hydrogens (tertiary/aromatic N) is 2. The number of hydrogen-bond donors (Lipinski definition) is 2. The predicted molar refractivity (Wildman–Crippen MR) is 140 cm³/mol. The van der Waals surface area contributed by atoms with Gasteiger partial charge < -0.3 is 24.7 Å². The van der Waals surface area contributed by atoms with Crippen LogP contribution >= 0.6 is 11.6 Å². The molecule has 1 saturated heterocycles. The summed E-state index contributed by atoms with van der Waals surface area (Å²) in [6, 6.07) is 17.2. The van der Waals surface area contributed by atoms with E-state index in [1.807, 2.05) is 42.5 Å². The molecule has 0 spiro atoms. The highest BCUT2D eigenvalue weighted by molar-refractivity contribution is 6.29. The summed E-state index contributed by atoms with van der Waals surface area (Å²) in [7, 11) is 0. The molecule has 0 radical (unpaired) electrons. The SMILES string of the molecule is O=c1[nH]cccc1N1CCOC(c2cccc3c2Oc2ccc(NCc4ccnc(Cl)c4F)cc2C3)C1. The van der Waals surface area contributed by atoms with Crippen LogP contribution in [0.4, 0.5) is 15.8 Å². The molecule has 9 heteroatoms. The van der Waals surface area contributed by atoms with Crippen molar-refractivity contribution in [2.45, 2.75) is 19.1 Å². The van der Waals surface area contributed by atoms with E-state index in [0.717, 1.165) is 33.9 Å². The summed E-state index contributed by atoms with van der Waals surface area (Å²) in [4.78, 5) is 20.9. The van der Waals surface area contributed by atoms with Crippen molar-refractivity contribution in [3.63, 3.8) is 0 Å². The number of aromatic amines is 1. The highest BCUT2D eigenvalue weighted by Gasteiger charge is 2.29. The average molecular weight is 519 g/mol. The average Bonchev–Trinajstić information content (AvgIpc) is 2.92. The molecular formula is C28H24ClFN4O3. The molecule has 0 bridgehead atoms. The summed E-state index contributed by atoms with van der Waals surface area (Å²) < 4.78 is 26.7. The number of nitrogens with one attached hydrogen (secondary N) is 2. The minimum atomic E-state index is -0.514. The summed E-state index contributed by atoms with van der Waals surface area (Å²) in [6.07, 6.45) is 3.59. The maximum Gasteiger partial charge on any atom is 0.271 e. The minimum absolute atomic E-state index is 0.109. The fraction of sp³-hybridized carbons (Fsp3) is 0.214. The molecular weight excluding hydrogens is 495 g/mol. The normalized spacial score (nSPS) is 16.5. The van der Waals surface area contributed by atoms with Crippen molar-refractivity contribution in [3.05, 3.63) is 111 Å². The number of H-pyrrole nitrogens is 1. The zero-order chi connectivity index (χ0) is 25.4. The molecule has 1 atom stereocenters. The quantitative estimate of drug-likeness (QED) is 0.301. The number of halogens is 2. The van der Waals surface area contributed by atoms with Gasteiger partial charge in [0.1, 0.15) is 23.3 Å². The Morgan fingerprint density at radius 3 is 2.97 bits per heavy atom. The summed E-state index contributed by atoms with van der Waals surface area (Å²) in [5.74, 6) is 1.06. The van der Waals surface area contributed by atoms with Crippen LogP contribution in [-0.2, 0) is 17.7 Å². The number of para-hydroxylation sites is 1. The standard InChI is InChI=1S/C28H24ClFN4O3/c29-27-25(30)18(8-10-31-27)15-33-20-6-7-23-19(14-20)13-17-3-1-4-21(26(17)37-23)24-16-34(11-12-36-24)22-5-2-9-32-28(22)35/h1-10,14,24,33H,11-13,15-16H2,(H,32,35). The topological polar surface area (TPSA) is 79.5 Å². The number of fused-ring (bicyclic) bond motifs is 2. The second kappa shape index (κ2) is 9.88. The number of pyridine rings is 2. The summed E-state index contributed by atoms with van der Waals surface area (Å²) >= 11 is 5.80. The summed E-state index contributed by atoms with van der Waals surface area (Å²) in [6.45, 7) is 2.00. The molecule has 37 heavy (non-hydrogen) atoms. The van der Waals surface area contributed by atoms with E-state index < -0.39 is 5.82 Å². The molecule has 188 valence electrons. The van der Waals surface area contributed by atoms with Crippen LogP contribution in [0.5, 0.6) is 11.5 Å². The van der Waals surface area contributed by atoms with Crippen molar-refractivity contribution >= 4 is 23.0 Å². The largest absolute Gasteiger partial charge is 0.456 e. The Morgan fingerprint density at radius 1 is 1.16 bits per heavy atom. The van der Waals surface area contributed by atoms with E-state index in [0.29, 0.717) is 37.4 Å². The highest BCUT2D eigenvalue weighted by Crippen LogP contribution is 2.43. The van der Waals surface area contributed by atoms with Crippen LogP contribution in [0.1, 0.15) is 28.4 Å². The third-order valence-corrected chi connectivity index (χ3v) is 7.00. The number of aromatic nitrogens is 2. The van der Waals surface area contributed by atoms with E-state index in [4.69, 9.17) is 21.1 Å². The van der Waals surface area contributed by atoms with Gasteiger partial charge in [0.05, 0.1) is 6.61 Å². The molecule has 2 aromatic heterocycles. The van der Waals surface area contributed by atoms with E-state index in [1.54, 1.807) is 12.3 Å². The molecule has 7 nitrogen and oxygen atoms in total. The number of morpholine rings is 1. The van der Waals surface area contributed by atoms with Crippen LogP contribution in [0.2, 0.25) is 5.15 Å². The molecule has 4 aromatic rings. The van der Waals surface area contributed by atoms with Crippen molar-refractivity contribution in [2.75, 3.05) is 29.9 Å². The minimum Gasteiger partial charge on any atom is -0.456 e. The van der Waals surface area contributed by atoms with E-state index in [9.17, 15) is 9.18 Å². The lowest BCUT2D eigenvalue weighted by Gasteiger charge is -2.35. The van der Waals surface area contributed by atoms with Crippen LogP contribution in [0.15, 0.2) is 71.8 Å². The fourth-order valence-electron chi connectivity index (χ4n) is 4.87.